The van der Waals surface area contributed by atoms with E-state index in [1.54, 1.807) is 30.6 Å². The number of benzene rings is 3. The minimum atomic E-state index is -4.64. The Balaban J connectivity index is 0.000000927. The van der Waals surface area contributed by atoms with Crippen LogP contribution in [0.4, 0.5) is 18.0 Å². The van der Waals surface area contributed by atoms with Crippen molar-refractivity contribution in [1.29, 1.82) is 0 Å². The van der Waals surface area contributed by atoms with Crippen LogP contribution in [0.25, 0.3) is 11.1 Å². The zero-order valence-electron chi connectivity index (χ0n) is 31.4. The molecule has 3 aromatic carbocycles. The summed E-state index contributed by atoms with van der Waals surface area (Å²) in [5.41, 5.74) is 7.06. The fraction of sp³-hybridized carbons (Fsp3) is 0.439. The van der Waals surface area contributed by atoms with Crippen LogP contribution in [0.5, 0.6) is 0 Å². The highest BCUT2D eigenvalue weighted by atomic mass is 32.2. The Morgan fingerprint density at radius 1 is 0.946 bits per heavy atom. The van der Waals surface area contributed by atoms with Crippen LogP contribution >= 0.6 is 11.8 Å². The number of hydrogen-bond acceptors (Lipinski definition) is 8. The fourth-order valence-corrected chi connectivity index (χ4v) is 8.41. The molecule has 3 aliphatic rings. The Bertz CT molecular complexity index is 1820. The Kier molecular flexibility index (Phi) is 14.9. The van der Waals surface area contributed by atoms with E-state index in [0.717, 1.165) is 36.0 Å². The molecular formula is C41H48F3N5O6S. The molecule has 6 rings (SSSR count). The van der Waals surface area contributed by atoms with Crippen LogP contribution in [-0.4, -0.2) is 91.1 Å². The topological polar surface area (TPSA) is 146 Å². The quantitative estimate of drug-likeness (QED) is 0.129. The minimum absolute atomic E-state index is 0.0170. The molecular weight excluding hydrogens is 748 g/mol. The van der Waals surface area contributed by atoms with Crippen molar-refractivity contribution >= 4 is 41.9 Å². The van der Waals surface area contributed by atoms with Crippen LogP contribution in [0.1, 0.15) is 73.2 Å². The number of hydrogen-bond donors (Lipinski definition) is 4. The zero-order valence-corrected chi connectivity index (χ0v) is 32.2. The van der Waals surface area contributed by atoms with Crippen molar-refractivity contribution in [1.82, 2.24) is 26.2 Å². The van der Waals surface area contributed by atoms with Gasteiger partial charge in [0.05, 0.1) is 18.0 Å². The molecule has 4 amide bonds. The first-order valence-corrected chi connectivity index (χ1v) is 19.9. The van der Waals surface area contributed by atoms with E-state index in [-0.39, 0.29) is 36.3 Å². The van der Waals surface area contributed by atoms with Crippen molar-refractivity contribution in [3.8, 4) is 11.1 Å². The lowest BCUT2D eigenvalue weighted by Crippen LogP contribution is -2.56. The van der Waals surface area contributed by atoms with Crippen molar-refractivity contribution in [3.05, 3.63) is 95.1 Å². The van der Waals surface area contributed by atoms with Gasteiger partial charge in [0, 0.05) is 18.2 Å². The monoisotopic (exact) mass is 795 g/mol. The molecule has 1 saturated heterocycles. The van der Waals surface area contributed by atoms with E-state index in [1.165, 1.54) is 16.7 Å². The van der Waals surface area contributed by atoms with E-state index in [1.807, 2.05) is 36.4 Å². The Labute approximate surface area is 328 Å². The van der Waals surface area contributed by atoms with Crippen molar-refractivity contribution < 1.29 is 41.9 Å². The number of amides is 4. The number of aryl methyl sites for hydroxylation is 1. The van der Waals surface area contributed by atoms with E-state index < -0.39 is 36.7 Å². The van der Waals surface area contributed by atoms with E-state index >= 15 is 0 Å². The minimum Gasteiger partial charge on any atom is -0.449 e. The molecule has 11 nitrogen and oxygen atoms in total. The maximum absolute atomic E-state index is 14.0. The second-order valence-electron chi connectivity index (χ2n) is 14.0. The molecule has 4 atom stereocenters. The third-order valence-corrected chi connectivity index (χ3v) is 11.3. The summed E-state index contributed by atoms with van der Waals surface area (Å²) >= 11 is 1.54. The first-order valence-electron chi connectivity index (χ1n) is 18.8. The summed E-state index contributed by atoms with van der Waals surface area (Å²) in [4.78, 5) is 63.4. The molecule has 1 aliphatic heterocycles. The number of alkyl carbamates (subject to hydrolysis) is 1. The molecule has 2 aliphatic carbocycles. The van der Waals surface area contributed by atoms with Crippen LogP contribution in [0, 0.1) is 0 Å². The number of fused-ring (bicyclic) bond motifs is 4. The van der Waals surface area contributed by atoms with Crippen molar-refractivity contribution in [2.45, 2.75) is 81.7 Å². The maximum Gasteiger partial charge on any atom is 0.446 e. The standard InChI is InChI=1S/C39H47N5O5S.C2HF3O/c1-25(40-2)36(45)43-34(38(47)44-24-50-23-35(44)37(46)42-33-20-11-13-26-12-3-4-14-27(26)33)19-9-10-21-41-39(48)49-22-32-30-17-7-5-15-28(30)29-16-6-8-18-31(29)32;3-2(4,5)1-6/h3-8,12,14-18,25,32-35,40H,9-11,13,19-24H2,1-2H3,(H,41,48)(H,42,46)(H,43,45);1H/t25?,33-,34+,35?;/m1./s1. The fourth-order valence-electron chi connectivity index (χ4n) is 7.25. The summed E-state index contributed by atoms with van der Waals surface area (Å²) in [6, 6.07) is 22.7. The smallest absolute Gasteiger partial charge is 0.446 e. The number of alkyl halides is 3. The van der Waals surface area contributed by atoms with Gasteiger partial charge in [-0.15, -0.1) is 11.8 Å². The molecule has 4 N–H and O–H groups in total. The lowest BCUT2D eigenvalue weighted by atomic mass is 9.87. The molecule has 1 fully saturated rings. The van der Waals surface area contributed by atoms with Gasteiger partial charge in [-0.1, -0.05) is 72.8 Å². The number of unbranched alkanes of at least 4 members (excludes halogenated alkanes) is 1. The molecule has 56 heavy (non-hydrogen) atoms. The average Bonchev–Trinajstić information content (AvgIpc) is 3.82. The summed E-state index contributed by atoms with van der Waals surface area (Å²) in [5, 5.41) is 11.9. The Hall–Kier alpha value is -4.89. The Morgan fingerprint density at radius 3 is 2.21 bits per heavy atom. The average molecular weight is 796 g/mol. The number of nitrogens with one attached hydrogen (secondary N) is 4. The number of aldehydes is 1. The Morgan fingerprint density at radius 2 is 1.57 bits per heavy atom. The molecule has 300 valence electrons. The lowest BCUT2D eigenvalue weighted by molar-refractivity contribution is -0.156. The van der Waals surface area contributed by atoms with Gasteiger partial charge in [-0.05, 0) is 85.9 Å². The van der Waals surface area contributed by atoms with Gasteiger partial charge in [-0.25, -0.2) is 4.79 Å². The number of nitrogens with zero attached hydrogens (tertiary/aromatic N) is 1. The van der Waals surface area contributed by atoms with Crippen molar-refractivity contribution in [3.63, 3.8) is 0 Å². The molecule has 2 unspecified atom stereocenters. The highest BCUT2D eigenvalue weighted by molar-refractivity contribution is 7.99. The highest BCUT2D eigenvalue weighted by Crippen LogP contribution is 2.44. The molecule has 0 saturated carbocycles. The zero-order chi connectivity index (χ0) is 40.2. The molecule has 0 spiro atoms. The second kappa shape index (κ2) is 19.8. The van der Waals surface area contributed by atoms with Crippen LogP contribution in [-0.2, 0) is 30.3 Å². The molecule has 0 radical (unpaired) electrons. The van der Waals surface area contributed by atoms with Gasteiger partial charge < -0.3 is 30.9 Å². The van der Waals surface area contributed by atoms with Crippen LogP contribution < -0.4 is 21.3 Å². The summed E-state index contributed by atoms with van der Waals surface area (Å²) in [6.07, 6.45) is -1.79. The predicted molar refractivity (Wildman–Crippen MR) is 208 cm³/mol. The maximum atomic E-state index is 14.0. The SMILES string of the molecule is CNC(C)C(=O)N[C@@H](CCCCNC(=O)OCC1c2ccccc2-c2ccccc21)C(=O)N1CSCC1C(=O)N[C@@H]1CCCc2ccccc21.O=CC(F)(F)F. The number of carbonyl (C=O) groups is 5. The summed E-state index contributed by atoms with van der Waals surface area (Å²) in [5.74, 6) is 0.163. The van der Waals surface area contributed by atoms with Gasteiger partial charge >= 0.3 is 12.3 Å². The van der Waals surface area contributed by atoms with Crippen LogP contribution in [0.3, 0.4) is 0 Å². The van der Waals surface area contributed by atoms with E-state index in [4.69, 9.17) is 9.53 Å². The summed E-state index contributed by atoms with van der Waals surface area (Å²) in [7, 11) is 1.69. The van der Waals surface area contributed by atoms with Gasteiger partial charge in [0.2, 0.25) is 24.0 Å². The number of likely N-dealkylation sites (N-methyl/N-ethyl adjacent to an activating group) is 1. The normalized spacial score (nSPS) is 18.2. The van der Waals surface area contributed by atoms with Crippen molar-refractivity contribution in [2.75, 3.05) is 31.8 Å². The second-order valence-corrected chi connectivity index (χ2v) is 15.0. The molecule has 0 bridgehead atoms. The van der Waals surface area contributed by atoms with Crippen LogP contribution in [0.2, 0.25) is 0 Å². The molecule has 0 aromatic heterocycles. The first-order chi connectivity index (χ1) is 26.9. The third-order valence-electron chi connectivity index (χ3n) is 10.3. The highest BCUT2D eigenvalue weighted by Gasteiger charge is 2.39. The van der Waals surface area contributed by atoms with Gasteiger partial charge in [0.1, 0.15) is 18.7 Å². The van der Waals surface area contributed by atoms with E-state index in [2.05, 4.69) is 57.7 Å². The van der Waals surface area contributed by atoms with E-state index in [9.17, 15) is 32.3 Å². The predicted octanol–water partition coefficient (Wildman–Crippen LogP) is 5.63. The number of ether oxygens (including phenoxy) is 1. The van der Waals surface area contributed by atoms with Crippen molar-refractivity contribution in [2.24, 2.45) is 0 Å². The van der Waals surface area contributed by atoms with Gasteiger partial charge in [0.25, 0.3) is 0 Å². The van der Waals surface area contributed by atoms with E-state index in [0.29, 0.717) is 37.4 Å². The van der Waals surface area contributed by atoms with Gasteiger partial charge in [0.15, 0.2) is 0 Å². The van der Waals surface area contributed by atoms with Crippen LogP contribution in [0.15, 0.2) is 72.8 Å². The molecule has 15 heteroatoms. The molecule has 3 aromatic rings. The van der Waals surface area contributed by atoms with Gasteiger partial charge in [-0.3, -0.25) is 19.2 Å². The summed E-state index contributed by atoms with van der Waals surface area (Å²) in [6.45, 7) is 2.34. The summed E-state index contributed by atoms with van der Waals surface area (Å²) < 4.78 is 36.9. The molecule has 1 heterocycles. The van der Waals surface area contributed by atoms with Gasteiger partial charge in [-0.2, -0.15) is 13.2 Å². The number of rotatable bonds is 13. The number of carbonyl (C=O) groups excluding carboxylic acids is 5. The first kappa shape index (κ1) is 42.3. The number of halogens is 3. The number of thioether (sulfide) groups is 1. The largest absolute Gasteiger partial charge is 0.449 e. The lowest BCUT2D eigenvalue weighted by Gasteiger charge is -2.31. The third kappa shape index (κ3) is 10.9.